The Morgan fingerprint density at radius 1 is 0.967 bits per heavy atom. The summed E-state index contributed by atoms with van der Waals surface area (Å²) in [6.45, 7) is 1.61. The predicted octanol–water partition coefficient (Wildman–Crippen LogP) is 4.48. The van der Waals surface area contributed by atoms with Crippen LogP contribution in [0.15, 0.2) is 90.0 Å². The van der Waals surface area contributed by atoms with Crippen molar-refractivity contribution in [3.63, 3.8) is 0 Å². The second-order valence-electron chi connectivity index (χ2n) is 7.19. The third kappa shape index (κ3) is 4.06. The number of Topliss-reactive ketones (excluding diaryl/α,β-unsaturated/α-hetero) is 1. The van der Waals surface area contributed by atoms with Crippen LogP contribution in [0.25, 0.3) is 10.9 Å². The lowest BCUT2D eigenvalue weighted by Crippen LogP contribution is -2.29. The number of benzene rings is 3. The molecule has 0 fully saturated rings. The van der Waals surface area contributed by atoms with E-state index in [0.29, 0.717) is 5.56 Å². The number of hydrogen-bond donors (Lipinski definition) is 2. The minimum Gasteiger partial charge on any atom is -0.361 e. The summed E-state index contributed by atoms with van der Waals surface area (Å²) in [5.41, 5.74) is 3.42. The van der Waals surface area contributed by atoms with E-state index in [1.165, 1.54) is 19.1 Å². The molecule has 1 unspecified atom stereocenters. The number of nitrogens with one attached hydrogen (secondary N) is 2. The number of hydrogen-bond acceptors (Lipinski definition) is 3. The van der Waals surface area contributed by atoms with E-state index in [-0.39, 0.29) is 23.1 Å². The first-order chi connectivity index (χ1) is 14.5. The molecule has 0 bridgehead atoms. The van der Waals surface area contributed by atoms with Crippen LogP contribution in [0.3, 0.4) is 0 Å². The maximum absolute atomic E-state index is 12.9. The highest BCUT2D eigenvalue weighted by Gasteiger charge is 2.22. The molecule has 1 atom stereocenters. The van der Waals surface area contributed by atoms with E-state index in [4.69, 9.17) is 0 Å². The number of carbonyl (C=O) groups is 1. The van der Waals surface area contributed by atoms with Crippen molar-refractivity contribution in [1.29, 1.82) is 0 Å². The molecule has 30 heavy (non-hydrogen) atoms. The van der Waals surface area contributed by atoms with Crippen LogP contribution in [0.5, 0.6) is 0 Å². The highest BCUT2D eigenvalue weighted by molar-refractivity contribution is 7.89. The smallest absolute Gasteiger partial charge is 0.240 e. The average Bonchev–Trinajstić information content (AvgIpc) is 3.19. The second kappa shape index (κ2) is 8.26. The highest BCUT2D eigenvalue weighted by Crippen LogP contribution is 2.30. The first-order valence-corrected chi connectivity index (χ1v) is 11.2. The van der Waals surface area contributed by atoms with Crippen molar-refractivity contribution in [3.8, 4) is 0 Å². The standard InChI is InChI=1S/C24H22N2O3S/c1-17(27)19-10-7-11-20(14-19)30(28,29)26-16-22(18-8-3-2-4-9-18)23-15-25-24-13-6-5-12-21(23)24/h2-15,22,25-26H,16H2,1H3. The molecule has 0 aliphatic carbocycles. The normalized spacial score (nSPS) is 12.7. The fourth-order valence-electron chi connectivity index (χ4n) is 3.63. The molecule has 0 aliphatic heterocycles. The molecule has 2 N–H and O–H groups in total. The minimum atomic E-state index is -3.78. The lowest BCUT2D eigenvalue weighted by molar-refractivity contribution is 0.101. The monoisotopic (exact) mass is 418 g/mol. The first kappa shape index (κ1) is 20.1. The Hall–Kier alpha value is -3.22. The van der Waals surface area contributed by atoms with E-state index in [2.05, 4.69) is 9.71 Å². The van der Waals surface area contributed by atoms with Gasteiger partial charge in [-0.1, -0.05) is 60.7 Å². The van der Waals surface area contributed by atoms with Crippen LogP contribution in [0.4, 0.5) is 0 Å². The topological polar surface area (TPSA) is 79.0 Å². The number of fused-ring (bicyclic) bond motifs is 1. The van der Waals surface area contributed by atoms with Crippen LogP contribution >= 0.6 is 0 Å². The number of H-pyrrole nitrogens is 1. The molecular weight excluding hydrogens is 396 g/mol. The number of sulfonamides is 1. The summed E-state index contributed by atoms with van der Waals surface area (Å²) in [6.07, 6.45) is 1.94. The fourth-order valence-corrected chi connectivity index (χ4v) is 4.73. The lowest BCUT2D eigenvalue weighted by atomic mass is 9.91. The van der Waals surface area contributed by atoms with Gasteiger partial charge in [0, 0.05) is 35.1 Å². The molecule has 4 aromatic rings. The Morgan fingerprint density at radius 2 is 1.70 bits per heavy atom. The third-order valence-corrected chi connectivity index (χ3v) is 6.65. The van der Waals surface area contributed by atoms with Crippen LogP contribution in [-0.2, 0) is 10.0 Å². The number of ketones is 1. The molecular formula is C24H22N2O3S. The van der Waals surface area contributed by atoms with Crippen molar-refractivity contribution in [2.24, 2.45) is 0 Å². The van der Waals surface area contributed by atoms with Crippen LogP contribution in [-0.4, -0.2) is 25.7 Å². The molecule has 1 aromatic heterocycles. The summed E-state index contributed by atoms with van der Waals surface area (Å²) in [5.74, 6) is -0.346. The molecule has 0 amide bonds. The SMILES string of the molecule is CC(=O)c1cccc(S(=O)(=O)NCC(c2ccccc2)c2c[nH]c3ccccc23)c1. The highest BCUT2D eigenvalue weighted by atomic mass is 32.2. The summed E-state index contributed by atoms with van der Waals surface area (Å²) < 4.78 is 28.6. The molecule has 0 aliphatic rings. The Morgan fingerprint density at radius 3 is 2.47 bits per heavy atom. The Kier molecular flexibility index (Phi) is 5.53. The Labute approximate surface area is 175 Å². The van der Waals surface area contributed by atoms with Gasteiger partial charge >= 0.3 is 0 Å². The molecule has 5 nitrogen and oxygen atoms in total. The predicted molar refractivity (Wildman–Crippen MR) is 118 cm³/mol. The molecule has 0 saturated carbocycles. The zero-order valence-corrected chi connectivity index (χ0v) is 17.3. The van der Waals surface area contributed by atoms with Crippen molar-refractivity contribution in [3.05, 3.63) is 102 Å². The maximum atomic E-state index is 12.9. The molecule has 0 radical (unpaired) electrons. The summed E-state index contributed by atoms with van der Waals surface area (Å²) in [7, 11) is -3.78. The van der Waals surface area contributed by atoms with Gasteiger partial charge in [-0.3, -0.25) is 4.79 Å². The summed E-state index contributed by atoms with van der Waals surface area (Å²) >= 11 is 0. The van der Waals surface area contributed by atoms with E-state index < -0.39 is 10.0 Å². The van der Waals surface area contributed by atoms with Gasteiger partial charge in [-0.15, -0.1) is 0 Å². The Bertz CT molecular complexity index is 1290. The van der Waals surface area contributed by atoms with Gasteiger partial charge in [0.15, 0.2) is 5.78 Å². The van der Waals surface area contributed by atoms with Crippen molar-refractivity contribution in [2.75, 3.05) is 6.54 Å². The summed E-state index contributed by atoms with van der Waals surface area (Å²) in [4.78, 5) is 15.0. The third-order valence-electron chi connectivity index (χ3n) is 5.23. The Balaban J connectivity index is 1.68. The van der Waals surface area contributed by atoms with E-state index in [1.807, 2.05) is 60.8 Å². The maximum Gasteiger partial charge on any atom is 0.240 e. The zero-order valence-electron chi connectivity index (χ0n) is 16.5. The minimum absolute atomic E-state index is 0.0842. The van der Waals surface area contributed by atoms with Gasteiger partial charge in [-0.25, -0.2) is 13.1 Å². The van der Waals surface area contributed by atoms with Gasteiger partial charge in [0.05, 0.1) is 4.90 Å². The number of aromatic amines is 1. The quantitative estimate of drug-likeness (QED) is 0.434. The zero-order chi connectivity index (χ0) is 21.1. The lowest BCUT2D eigenvalue weighted by Gasteiger charge is -2.18. The van der Waals surface area contributed by atoms with E-state index in [9.17, 15) is 13.2 Å². The largest absolute Gasteiger partial charge is 0.361 e. The van der Waals surface area contributed by atoms with Crippen molar-refractivity contribution >= 4 is 26.7 Å². The molecule has 6 heteroatoms. The molecule has 1 heterocycles. The first-order valence-electron chi connectivity index (χ1n) is 9.67. The summed E-state index contributed by atoms with van der Waals surface area (Å²) in [5, 5.41) is 1.06. The molecule has 0 spiro atoms. The molecule has 152 valence electrons. The number of carbonyl (C=O) groups excluding carboxylic acids is 1. The van der Waals surface area contributed by atoms with Gasteiger partial charge in [0.2, 0.25) is 10.0 Å². The summed E-state index contributed by atoms with van der Waals surface area (Å²) in [6, 6.07) is 23.9. The molecule has 3 aromatic carbocycles. The van der Waals surface area contributed by atoms with Gasteiger partial charge in [-0.2, -0.15) is 0 Å². The molecule has 4 rings (SSSR count). The molecule has 0 saturated heterocycles. The van der Waals surface area contributed by atoms with E-state index >= 15 is 0 Å². The van der Waals surface area contributed by atoms with E-state index in [1.54, 1.807) is 12.1 Å². The van der Waals surface area contributed by atoms with Crippen molar-refractivity contribution in [2.45, 2.75) is 17.7 Å². The second-order valence-corrected chi connectivity index (χ2v) is 8.96. The van der Waals surface area contributed by atoms with Crippen LogP contribution < -0.4 is 4.72 Å². The van der Waals surface area contributed by atoms with Crippen LogP contribution in [0.1, 0.15) is 34.3 Å². The van der Waals surface area contributed by atoms with Crippen molar-refractivity contribution < 1.29 is 13.2 Å². The van der Waals surface area contributed by atoms with Gasteiger partial charge in [0.25, 0.3) is 0 Å². The average molecular weight is 419 g/mol. The fraction of sp³-hybridized carbons (Fsp3) is 0.125. The van der Waals surface area contributed by atoms with E-state index in [0.717, 1.165) is 22.0 Å². The van der Waals surface area contributed by atoms with Crippen LogP contribution in [0.2, 0.25) is 0 Å². The van der Waals surface area contributed by atoms with Gasteiger partial charge in [0.1, 0.15) is 0 Å². The number of para-hydroxylation sites is 1. The van der Waals surface area contributed by atoms with Crippen molar-refractivity contribution in [1.82, 2.24) is 9.71 Å². The van der Waals surface area contributed by atoms with Crippen LogP contribution in [0, 0.1) is 0 Å². The van der Waals surface area contributed by atoms with Gasteiger partial charge < -0.3 is 4.98 Å². The number of rotatable bonds is 7. The van der Waals surface area contributed by atoms with Gasteiger partial charge in [-0.05, 0) is 36.2 Å². The number of aromatic nitrogens is 1.